The smallest absolute Gasteiger partial charge is 0.335 e. The summed E-state index contributed by atoms with van der Waals surface area (Å²) < 4.78 is 0.777. The van der Waals surface area contributed by atoms with Crippen molar-refractivity contribution in [1.82, 2.24) is 4.90 Å². The van der Waals surface area contributed by atoms with Crippen LogP contribution in [0, 0.1) is 0 Å². The predicted octanol–water partition coefficient (Wildman–Crippen LogP) is 3.68. The van der Waals surface area contributed by atoms with Gasteiger partial charge in [0.15, 0.2) is 0 Å². The minimum Gasteiger partial charge on any atom is -0.478 e. The molecule has 0 heterocycles. The average Bonchev–Trinajstić information content (AvgIpc) is 2.37. The molecule has 0 aliphatic heterocycles. The second-order valence-corrected chi connectivity index (χ2v) is 6.16. The normalized spacial score (nSPS) is 11.1. The maximum atomic E-state index is 11.0. The Balaban J connectivity index is 2.37. The third-order valence-corrected chi connectivity index (χ3v) is 3.75. The van der Waals surface area contributed by atoms with Gasteiger partial charge in [-0.15, -0.1) is 0 Å². The standard InChI is InChI=1S/C15H23BrN2O2/c1-11(2)18(3)7-5-4-6-17-14-9-12(15(19)20)8-13(16)10-14/h8-11,17H,4-7H2,1-3H3,(H,19,20). The number of anilines is 1. The second-order valence-electron chi connectivity index (χ2n) is 5.24. The summed E-state index contributed by atoms with van der Waals surface area (Å²) in [7, 11) is 2.13. The Morgan fingerprint density at radius 3 is 2.65 bits per heavy atom. The van der Waals surface area contributed by atoms with Crippen molar-refractivity contribution in [2.45, 2.75) is 32.7 Å². The third-order valence-electron chi connectivity index (χ3n) is 3.29. The van der Waals surface area contributed by atoms with Crippen molar-refractivity contribution in [1.29, 1.82) is 0 Å². The monoisotopic (exact) mass is 342 g/mol. The van der Waals surface area contributed by atoms with Gasteiger partial charge in [-0.2, -0.15) is 0 Å². The molecular formula is C15H23BrN2O2. The van der Waals surface area contributed by atoms with E-state index >= 15 is 0 Å². The van der Waals surface area contributed by atoms with Crippen LogP contribution in [-0.4, -0.2) is 42.2 Å². The summed E-state index contributed by atoms with van der Waals surface area (Å²) in [5, 5.41) is 12.3. The molecule has 0 aliphatic rings. The van der Waals surface area contributed by atoms with Crippen LogP contribution in [0.15, 0.2) is 22.7 Å². The Kier molecular flexibility index (Phi) is 7.02. The van der Waals surface area contributed by atoms with Gasteiger partial charge >= 0.3 is 5.97 Å². The lowest BCUT2D eigenvalue weighted by molar-refractivity contribution is 0.0697. The first-order chi connectivity index (χ1) is 9.40. The van der Waals surface area contributed by atoms with E-state index in [0.717, 1.165) is 36.1 Å². The molecule has 5 heteroatoms. The van der Waals surface area contributed by atoms with E-state index in [0.29, 0.717) is 11.6 Å². The van der Waals surface area contributed by atoms with E-state index in [2.05, 4.69) is 47.0 Å². The number of benzene rings is 1. The van der Waals surface area contributed by atoms with Crippen molar-refractivity contribution in [2.24, 2.45) is 0 Å². The van der Waals surface area contributed by atoms with Gasteiger partial charge in [-0.3, -0.25) is 0 Å². The number of nitrogens with one attached hydrogen (secondary N) is 1. The number of nitrogens with zero attached hydrogens (tertiary/aromatic N) is 1. The number of aromatic carboxylic acids is 1. The van der Waals surface area contributed by atoms with Gasteiger partial charge in [-0.05, 0) is 58.5 Å². The number of hydrogen-bond donors (Lipinski definition) is 2. The molecule has 2 N–H and O–H groups in total. The van der Waals surface area contributed by atoms with Gasteiger partial charge < -0.3 is 15.3 Å². The highest BCUT2D eigenvalue weighted by atomic mass is 79.9. The summed E-state index contributed by atoms with van der Waals surface area (Å²) >= 11 is 3.33. The van der Waals surface area contributed by atoms with Crippen LogP contribution in [0.5, 0.6) is 0 Å². The zero-order valence-electron chi connectivity index (χ0n) is 12.3. The van der Waals surface area contributed by atoms with Crippen molar-refractivity contribution in [2.75, 3.05) is 25.5 Å². The fourth-order valence-electron chi connectivity index (χ4n) is 1.79. The first kappa shape index (κ1) is 17.0. The van der Waals surface area contributed by atoms with Crippen LogP contribution in [0.25, 0.3) is 0 Å². The topological polar surface area (TPSA) is 52.6 Å². The van der Waals surface area contributed by atoms with Gasteiger partial charge in [0.2, 0.25) is 0 Å². The Morgan fingerprint density at radius 2 is 2.05 bits per heavy atom. The number of carboxylic acid groups (broad SMARTS) is 1. The van der Waals surface area contributed by atoms with Crippen LogP contribution in [0.2, 0.25) is 0 Å². The Hall–Kier alpha value is -1.07. The van der Waals surface area contributed by atoms with E-state index in [-0.39, 0.29) is 0 Å². The molecule has 0 radical (unpaired) electrons. The highest BCUT2D eigenvalue weighted by Gasteiger charge is 2.06. The highest BCUT2D eigenvalue weighted by Crippen LogP contribution is 2.19. The minimum atomic E-state index is -0.909. The Morgan fingerprint density at radius 1 is 1.35 bits per heavy atom. The fraction of sp³-hybridized carbons (Fsp3) is 0.533. The Bertz CT molecular complexity index is 449. The van der Waals surface area contributed by atoms with Crippen LogP contribution in [-0.2, 0) is 0 Å². The van der Waals surface area contributed by atoms with Crippen molar-refractivity contribution >= 4 is 27.6 Å². The summed E-state index contributed by atoms with van der Waals surface area (Å²) in [6.45, 7) is 6.31. The lowest BCUT2D eigenvalue weighted by Crippen LogP contribution is -2.27. The molecule has 0 unspecified atom stereocenters. The van der Waals surface area contributed by atoms with Gasteiger partial charge in [0.05, 0.1) is 5.56 Å². The van der Waals surface area contributed by atoms with Crippen LogP contribution in [0.3, 0.4) is 0 Å². The lowest BCUT2D eigenvalue weighted by Gasteiger charge is -2.20. The lowest BCUT2D eigenvalue weighted by atomic mass is 10.2. The quantitative estimate of drug-likeness (QED) is 0.707. The van der Waals surface area contributed by atoms with E-state index in [1.165, 1.54) is 0 Å². The number of halogens is 1. The molecule has 1 rings (SSSR count). The van der Waals surface area contributed by atoms with Gasteiger partial charge in [-0.25, -0.2) is 4.79 Å². The zero-order chi connectivity index (χ0) is 15.1. The SMILES string of the molecule is CC(C)N(C)CCCCNc1cc(Br)cc(C(=O)O)c1. The fourth-order valence-corrected chi connectivity index (χ4v) is 2.29. The number of carboxylic acids is 1. The molecule has 1 aromatic rings. The summed E-state index contributed by atoms with van der Waals surface area (Å²) in [6.07, 6.45) is 2.19. The number of carbonyl (C=O) groups is 1. The summed E-state index contributed by atoms with van der Waals surface area (Å²) in [5.41, 5.74) is 1.13. The van der Waals surface area contributed by atoms with E-state index in [4.69, 9.17) is 5.11 Å². The maximum absolute atomic E-state index is 11.0. The van der Waals surface area contributed by atoms with Crippen LogP contribution < -0.4 is 5.32 Å². The van der Waals surface area contributed by atoms with Gasteiger partial charge in [0.25, 0.3) is 0 Å². The molecule has 0 fully saturated rings. The van der Waals surface area contributed by atoms with Crippen LogP contribution in [0.4, 0.5) is 5.69 Å². The zero-order valence-corrected chi connectivity index (χ0v) is 13.9. The number of hydrogen-bond acceptors (Lipinski definition) is 3. The van der Waals surface area contributed by atoms with E-state index < -0.39 is 5.97 Å². The molecule has 0 saturated heterocycles. The summed E-state index contributed by atoms with van der Waals surface area (Å²) in [4.78, 5) is 13.3. The summed E-state index contributed by atoms with van der Waals surface area (Å²) in [6, 6.07) is 5.73. The maximum Gasteiger partial charge on any atom is 0.335 e. The predicted molar refractivity (Wildman–Crippen MR) is 86.6 cm³/mol. The van der Waals surface area contributed by atoms with Crippen molar-refractivity contribution < 1.29 is 9.90 Å². The molecule has 20 heavy (non-hydrogen) atoms. The molecule has 0 amide bonds. The second kappa shape index (κ2) is 8.27. The van der Waals surface area contributed by atoms with Gasteiger partial charge in [0, 0.05) is 22.7 Å². The molecular weight excluding hydrogens is 320 g/mol. The molecule has 0 aliphatic carbocycles. The number of unbranched alkanes of at least 4 members (excludes halogenated alkanes) is 1. The molecule has 0 atom stereocenters. The molecule has 1 aromatic carbocycles. The van der Waals surface area contributed by atoms with E-state index in [1.54, 1.807) is 12.1 Å². The van der Waals surface area contributed by atoms with Gasteiger partial charge in [0.1, 0.15) is 0 Å². The van der Waals surface area contributed by atoms with Crippen LogP contribution >= 0.6 is 15.9 Å². The van der Waals surface area contributed by atoms with E-state index in [9.17, 15) is 4.79 Å². The largest absolute Gasteiger partial charge is 0.478 e. The Labute approximate surface area is 129 Å². The third kappa shape index (κ3) is 5.92. The first-order valence-corrected chi connectivity index (χ1v) is 7.67. The number of rotatable bonds is 8. The van der Waals surface area contributed by atoms with Crippen molar-refractivity contribution in [3.8, 4) is 0 Å². The van der Waals surface area contributed by atoms with E-state index in [1.807, 2.05) is 6.07 Å². The van der Waals surface area contributed by atoms with Crippen LogP contribution in [0.1, 0.15) is 37.0 Å². The first-order valence-electron chi connectivity index (χ1n) is 6.88. The molecule has 0 aromatic heterocycles. The molecule has 4 nitrogen and oxygen atoms in total. The van der Waals surface area contributed by atoms with Crippen molar-refractivity contribution in [3.05, 3.63) is 28.2 Å². The van der Waals surface area contributed by atoms with Crippen molar-refractivity contribution in [3.63, 3.8) is 0 Å². The van der Waals surface area contributed by atoms with Gasteiger partial charge in [-0.1, -0.05) is 15.9 Å². The molecule has 0 saturated carbocycles. The highest BCUT2D eigenvalue weighted by molar-refractivity contribution is 9.10. The molecule has 0 spiro atoms. The summed E-state index contributed by atoms with van der Waals surface area (Å²) in [5.74, 6) is -0.909. The molecule has 0 bridgehead atoms. The minimum absolute atomic E-state index is 0.293. The molecule has 112 valence electrons. The average molecular weight is 343 g/mol.